The number of amides is 1. The number of carbonyl (C=O) groups is 1. The van der Waals surface area contributed by atoms with Gasteiger partial charge >= 0.3 is 0 Å². The molecule has 0 aliphatic carbocycles. The molecule has 1 aromatic carbocycles. The maximum Gasteiger partial charge on any atom is 0.293 e. The van der Waals surface area contributed by atoms with E-state index in [4.69, 9.17) is 0 Å². The predicted octanol–water partition coefficient (Wildman–Crippen LogP) is 1.08. The molecule has 1 amide bonds. The van der Waals surface area contributed by atoms with E-state index in [1.807, 2.05) is 37.3 Å². The molecule has 23 heavy (non-hydrogen) atoms. The molecule has 0 bridgehead atoms. The molecule has 0 unspecified atom stereocenters. The Morgan fingerprint density at radius 1 is 1.26 bits per heavy atom. The Morgan fingerprint density at radius 3 is 2.78 bits per heavy atom. The molecule has 7 nitrogen and oxygen atoms in total. The highest BCUT2D eigenvalue weighted by Gasteiger charge is 2.11. The number of hydrogen-bond donors (Lipinski definition) is 1. The van der Waals surface area contributed by atoms with Gasteiger partial charge in [-0.05, 0) is 12.5 Å². The maximum atomic E-state index is 12.4. The van der Waals surface area contributed by atoms with Gasteiger partial charge < -0.3 is 5.32 Å². The summed E-state index contributed by atoms with van der Waals surface area (Å²) in [5.74, 6) is -0.228. The van der Waals surface area contributed by atoms with Crippen LogP contribution in [-0.4, -0.2) is 31.8 Å². The zero-order valence-electron chi connectivity index (χ0n) is 12.8. The van der Waals surface area contributed by atoms with E-state index in [2.05, 4.69) is 15.5 Å². The molecule has 0 fully saturated rings. The van der Waals surface area contributed by atoms with Crippen molar-refractivity contribution in [3.8, 4) is 11.3 Å². The van der Waals surface area contributed by atoms with Gasteiger partial charge in [-0.3, -0.25) is 9.59 Å². The van der Waals surface area contributed by atoms with E-state index in [1.54, 1.807) is 6.07 Å². The van der Waals surface area contributed by atoms with Crippen molar-refractivity contribution in [3.05, 3.63) is 53.1 Å². The molecule has 0 aliphatic rings. The van der Waals surface area contributed by atoms with E-state index in [1.165, 1.54) is 10.8 Å². The van der Waals surface area contributed by atoms with E-state index in [0.29, 0.717) is 17.8 Å². The van der Waals surface area contributed by atoms with Crippen molar-refractivity contribution in [2.24, 2.45) is 0 Å². The molecule has 2 aromatic heterocycles. The molecule has 7 heteroatoms. The fraction of sp³-hybridized carbons (Fsp3) is 0.250. The summed E-state index contributed by atoms with van der Waals surface area (Å²) in [5.41, 5.74) is 1.66. The Morgan fingerprint density at radius 2 is 2.04 bits per heavy atom. The first-order chi connectivity index (χ1) is 11.2. The monoisotopic (exact) mass is 311 g/mol. The molecular weight excluding hydrogens is 294 g/mol. The summed E-state index contributed by atoms with van der Waals surface area (Å²) in [6, 6.07) is 11.3. The number of nitrogens with zero attached hydrogens (tertiary/aromatic N) is 4. The first kappa shape index (κ1) is 15.0. The van der Waals surface area contributed by atoms with Crippen molar-refractivity contribution in [1.29, 1.82) is 0 Å². The molecule has 3 aromatic rings. The summed E-state index contributed by atoms with van der Waals surface area (Å²) >= 11 is 0. The predicted molar refractivity (Wildman–Crippen MR) is 86.0 cm³/mol. The molecule has 1 N–H and O–H groups in total. The molecule has 0 atom stereocenters. The number of nitrogens with one attached hydrogen (secondary N) is 1. The highest BCUT2D eigenvalue weighted by molar-refractivity contribution is 5.75. The van der Waals surface area contributed by atoms with E-state index in [0.717, 1.165) is 16.7 Å². The van der Waals surface area contributed by atoms with Crippen molar-refractivity contribution >= 4 is 11.4 Å². The van der Waals surface area contributed by atoms with Gasteiger partial charge in [0, 0.05) is 12.1 Å². The van der Waals surface area contributed by atoms with Crippen molar-refractivity contribution < 1.29 is 4.79 Å². The van der Waals surface area contributed by atoms with Gasteiger partial charge in [0.1, 0.15) is 18.4 Å². The lowest BCUT2D eigenvalue weighted by Crippen LogP contribution is -2.34. The summed E-state index contributed by atoms with van der Waals surface area (Å²) in [6.45, 7) is 2.45. The summed E-state index contributed by atoms with van der Waals surface area (Å²) in [4.78, 5) is 24.2. The Hall–Kier alpha value is -2.96. The van der Waals surface area contributed by atoms with Crippen LogP contribution in [0.25, 0.3) is 16.8 Å². The largest absolute Gasteiger partial charge is 0.355 e. The van der Waals surface area contributed by atoms with Crippen LogP contribution in [0.2, 0.25) is 0 Å². The van der Waals surface area contributed by atoms with Crippen LogP contribution >= 0.6 is 0 Å². The zero-order valence-corrected chi connectivity index (χ0v) is 12.8. The lowest BCUT2D eigenvalue weighted by molar-refractivity contribution is -0.121. The van der Waals surface area contributed by atoms with Crippen LogP contribution in [0.5, 0.6) is 0 Å². The van der Waals surface area contributed by atoms with Gasteiger partial charge in [-0.15, -0.1) is 0 Å². The molecule has 0 saturated heterocycles. The summed E-state index contributed by atoms with van der Waals surface area (Å²) in [5, 5.41) is 11.1. The van der Waals surface area contributed by atoms with Crippen molar-refractivity contribution in [1.82, 2.24) is 24.7 Å². The number of fused-ring (bicyclic) bond motifs is 1. The van der Waals surface area contributed by atoms with Gasteiger partial charge in [-0.1, -0.05) is 37.3 Å². The normalized spacial score (nSPS) is 10.8. The molecule has 2 heterocycles. The van der Waals surface area contributed by atoms with Crippen molar-refractivity contribution in [3.63, 3.8) is 0 Å². The highest BCUT2D eigenvalue weighted by Crippen LogP contribution is 2.17. The Kier molecular flexibility index (Phi) is 4.18. The van der Waals surface area contributed by atoms with Gasteiger partial charge in [0.15, 0.2) is 0 Å². The van der Waals surface area contributed by atoms with Gasteiger partial charge in [-0.25, -0.2) is 9.20 Å². The summed E-state index contributed by atoms with van der Waals surface area (Å²) in [7, 11) is 0. The van der Waals surface area contributed by atoms with Crippen LogP contribution in [-0.2, 0) is 11.3 Å². The summed E-state index contributed by atoms with van der Waals surface area (Å²) < 4.78 is 2.59. The molecule has 3 rings (SSSR count). The van der Waals surface area contributed by atoms with E-state index in [-0.39, 0.29) is 18.0 Å². The highest BCUT2D eigenvalue weighted by atomic mass is 16.2. The van der Waals surface area contributed by atoms with Gasteiger partial charge in [0.25, 0.3) is 5.56 Å². The third-order valence-electron chi connectivity index (χ3n) is 3.42. The standard InChI is InChI=1S/C16H17N5O2/c1-2-8-17-15(22)10-20-16(23)14-9-13(19-21(14)11-18-20)12-6-4-3-5-7-12/h3-7,9,11H,2,8,10H2,1H3,(H,17,22). The molecule has 0 saturated carbocycles. The van der Waals surface area contributed by atoms with Crippen LogP contribution in [0.15, 0.2) is 47.5 Å². The SMILES string of the molecule is CCCNC(=O)Cn1ncn2nc(-c3ccccc3)cc2c1=O. The lowest BCUT2D eigenvalue weighted by atomic mass is 10.1. The quantitative estimate of drug-likeness (QED) is 0.764. The first-order valence-electron chi connectivity index (χ1n) is 7.46. The molecule has 0 spiro atoms. The Balaban J connectivity index is 1.93. The smallest absolute Gasteiger partial charge is 0.293 e. The topological polar surface area (TPSA) is 81.3 Å². The number of aromatic nitrogens is 4. The lowest BCUT2D eigenvalue weighted by Gasteiger charge is -2.05. The minimum Gasteiger partial charge on any atom is -0.355 e. The number of benzene rings is 1. The van der Waals surface area contributed by atoms with Crippen molar-refractivity contribution in [2.75, 3.05) is 6.54 Å². The second-order valence-corrected chi connectivity index (χ2v) is 5.17. The van der Waals surface area contributed by atoms with Crippen LogP contribution in [0, 0.1) is 0 Å². The number of rotatable bonds is 5. The second kappa shape index (κ2) is 6.43. The van der Waals surface area contributed by atoms with Crippen LogP contribution < -0.4 is 10.9 Å². The average molecular weight is 311 g/mol. The fourth-order valence-electron chi connectivity index (χ4n) is 2.26. The van der Waals surface area contributed by atoms with E-state index < -0.39 is 0 Å². The third-order valence-corrected chi connectivity index (χ3v) is 3.42. The zero-order chi connectivity index (χ0) is 16.2. The summed E-state index contributed by atoms with van der Waals surface area (Å²) in [6.07, 6.45) is 2.28. The number of hydrogen-bond acceptors (Lipinski definition) is 4. The van der Waals surface area contributed by atoms with E-state index >= 15 is 0 Å². The average Bonchev–Trinajstić information content (AvgIpc) is 3.01. The maximum absolute atomic E-state index is 12.4. The first-order valence-corrected chi connectivity index (χ1v) is 7.46. The molecular formula is C16H17N5O2. The Bertz CT molecular complexity index is 882. The third kappa shape index (κ3) is 3.13. The van der Waals surface area contributed by atoms with Crippen LogP contribution in [0.1, 0.15) is 13.3 Å². The second-order valence-electron chi connectivity index (χ2n) is 5.17. The van der Waals surface area contributed by atoms with Crippen LogP contribution in [0.4, 0.5) is 0 Å². The minimum absolute atomic E-state index is 0.0960. The Labute approximate surface area is 132 Å². The molecule has 0 aliphatic heterocycles. The van der Waals surface area contributed by atoms with Gasteiger partial charge in [0.2, 0.25) is 5.91 Å². The van der Waals surface area contributed by atoms with Crippen LogP contribution in [0.3, 0.4) is 0 Å². The molecule has 118 valence electrons. The van der Waals surface area contributed by atoms with Crippen molar-refractivity contribution in [2.45, 2.75) is 19.9 Å². The van der Waals surface area contributed by atoms with E-state index in [9.17, 15) is 9.59 Å². The van der Waals surface area contributed by atoms with Gasteiger partial charge in [-0.2, -0.15) is 10.2 Å². The minimum atomic E-state index is -0.339. The fourth-order valence-corrected chi connectivity index (χ4v) is 2.26. The van der Waals surface area contributed by atoms with Gasteiger partial charge in [0.05, 0.1) is 5.69 Å². The molecule has 0 radical (unpaired) electrons. The number of carbonyl (C=O) groups excluding carboxylic acids is 1.